The van der Waals surface area contributed by atoms with Crippen LogP contribution < -0.4 is 0 Å². The molecule has 3 aliphatic heterocycles. The maximum absolute atomic E-state index is 2.26. The fraction of sp³-hybridized carbons (Fsp3) is 1.00. The molecule has 0 aromatic rings. The number of hydrogen-bond donors (Lipinski definition) is 0. The van der Waals surface area contributed by atoms with Gasteiger partial charge in [0.25, 0.3) is 0 Å². The van der Waals surface area contributed by atoms with E-state index in [1.807, 2.05) is 0 Å². The largest absolute Gasteiger partial charge is 0.157 e. The van der Waals surface area contributed by atoms with Crippen molar-refractivity contribution in [2.75, 3.05) is 17.3 Å². The van der Waals surface area contributed by atoms with Crippen LogP contribution >= 0.6 is 35.3 Å². The Morgan fingerprint density at radius 2 is 1.36 bits per heavy atom. The smallest absolute Gasteiger partial charge is 0.0257 e. The van der Waals surface area contributed by atoms with Gasteiger partial charge in [0.2, 0.25) is 0 Å². The Morgan fingerprint density at radius 1 is 0.727 bits per heavy atom. The summed E-state index contributed by atoms with van der Waals surface area (Å²) in [5, 5.41) is 3.19. The minimum absolute atomic E-state index is 1.05. The Kier molecular flexibility index (Phi) is 1.88. The van der Waals surface area contributed by atoms with Crippen LogP contribution in [0, 0.1) is 5.92 Å². The van der Waals surface area contributed by atoms with E-state index in [0.717, 1.165) is 21.7 Å². The van der Waals surface area contributed by atoms with Crippen LogP contribution in [0.25, 0.3) is 0 Å². The molecule has 3 heteroatoms. The van der Waals surface area contributed by atoms with E-state index in [2.05, 4.69) is 35.3 Å². The van der Waals surface area contributed by atoms with Gasteiger partial charge in [-0.3, -0.25) is 0 Å². The molecule has 62 valence electrons. The Labute approximate surface area is 80.6 Å². The first kappa shape index (κ1) is 7.45. The molecule has 4 unspecified atom stereocenters. The van der Waals surface area contributed by atoms with Crippen LogP contribution in [0.1, 0.15) is 6.42 Å². The molecule has 0 aliphatic carbocycles. The van der Waals surface area contributed by atoms with Crippen molar-refractivity contribution in [1.29, 1.82) is 0 Å². The first-order chi connectivity index (χ1) is 5.43. The average Bonchev–Trinajstić information content (AvgIpc) is 2.90. The van der Waals surface area contributed by atoms with E-state index in [0.29, 0.717) is 0 Å². The second kappa shape index (κ2) is 2.78. The molecule has 3 rings (SSSR count). The molecule has 3 heterocycles. The zero-order valence-electron chi connectivity index (χ0n) is 6.36. The summed E-state index contributed by atoms with van der Waals surface area (Å²) in [6, 6.07) is 0. The van der Waals surface area contributed by atoms with Crippen LogP contribution in [0.3, 0.4) is 0 Å². The average molecular weight is 204 g/mol. The predicted octanol–water partition coefficient (Wildman–Crippen LogP) is 2.34. The molecular weight excluding hydrogens is 192 g/mol. The third-order valence-electron chi connectivity index (χ3n) is 2.72. The summed E-state index contributed by atoms with van der Waals surface area (Å²) >= 11 is 6.61. The SMILES string of the molecule is C1SC(C2CS2)CC1C1CS1. The van der Waals surface area contributed by atoms with E-state index < -0.39 is 0 Å². The lowest BCUT2D eigenvalue weighted by atomic mass is 10.0. The van der Waals surface area contributed by atoms with E-state index in [9.17, 15) is 0 Å². The first-order valence-electron chi connectivity index (χ1n) is 4.28. The molecule has 0 amide bonds. The zero-order chi connectivity index (χ0) is 7.26. The van der Waals surface area contributed by atoms with Gasteiger partial charge in [-0.1, -0.05) is 0 Å². The van der Waals surface area contributed by atoms with Crippen molar-refractivity contribution < 1.29 is 0 Å². The van der Waals surface area contributed by atoms with Crippen LogP contribution in [0.5, 0.6) is 0 Å². The molecule has 4 atom stereocenters. The van der Waals surface area contributed by atoms with E-state index in [4.69, 9.17) is 0 Å². The van der Waals surface area contributed by atoms with Gasteiger partial charge in [0, 0.05) is 27.3 Å². The van der Waals surface area contributed by atoms with Crippen molar-refractivity contribution in [3.8, 4) is 0 Å². The summed E-state index contributed by atoms with van der Waals surface area (Å²) in [6.07, 6.45) is 1.54. The fourth-order valence-corrected chi connectivity index (χ4v) is 5.60. The zero-order valence-corrected chi connectivity index (χ0v) is 8.81. The Morgan fingerprint density at radius 3 is 2.00 bits per heavy atom. The summed E-state index contributed by atoms with van der Waals surface area (Å²) in [7, 11) is 0. The van der Waals surface area contributed by atoms with Crippen LogP contribution in [-0.2, 0) is 0 Å². The van der Waals surface area contributed by atoms with Gasteiger partial charge in [0.05, 0.1) is 0 Å². The third kappa shape index (κ3) is 1.56. The quantitative estimate of drug-likeness (QED) is 0.634. The van der Waals surface area contributed by atoms with Gasteiger partial charge in [-0.2, -0.15) is 35.3 Å². The highest BCUT2D eigenvalue weighted by atomic mass is 32.2. The molecule has 11 heavy (non-hydrogen) atoms. The van der Waals surface area contributed by atoms with E-state index in [1.54, 1.807) is 6.42 Å². The second-order valence-corrected chi connectivity index (χ2v) is 7.43. The second-order valence-electron chi connectivity index (χ2n) is 3.61. The van der Waals surface area contributed by atoms with E-state index in [-0.39, 0.29) is 0 Å². The molecule has 3 saturated heterocycles. The summed E-state index contributed by atoms with van der Waals surface area (Å²) in [5.41, 5.74) is 0. The van der Waals surface area contributed by atoms with Crippen molar-refractivity contribution in [3.05, 3.63) is 0 Å². The molecule has 3 fully saturated rings. The highest BCUT2D eigenvalue weighted by molar-refractivity contribution is 8.09. The molecule has 0 N–H and O–H groups in total. The summed E-state index contributed by atoms with van der Waals surface area (Å²) in [5.74, 6) is 5.49. The van der Waals surface area contributed by atoms with Gasteiger partial charge >= 0.3 is 0 Å². The Balaban J connectivity index is 1.58. The summed E-state index contributed by atoms with van der Waals surface area (Å²) in [6.45, 7) is 0. The van der Waals surface area contributed by atoms with Crippen molar-refractivity contribution >= 4 is 35.3 Å². The minimum Gasteiger partial charge on any atom is -0.157 e. The molecule has 0 radical (unpaired) electrons. The fourth-order valence-electron chi connectivity index (χ4n) is 1.80. The minimum atomic E-state index is 1.05. The molecule has 0 bridgehead atoms. The molecule has 0 saturated carbocycles. The van der Waals surface area contributed by atoms with Crippen molar-refractivity contribution in [2.24, 2.45) is 5.92 Å². The molecule has 0 aromatic carbocycles. The van der Waals surface area contributed by atoms with E-state index in [1.165, 1.54) is 17.3 Å². The van der Waals surface area contributed by atoms with Crippen LogP contribution in [0.2, 0.25) is 0 Å². The van der Waals surface area contributed by atoms with Crippen molar-refractivity contribution in [2.45, 2.75) is 22.2 Å². The lowest BCUT2D eigenvalue weighted by Gasteiger charge is -2.05. The van der Waals surface area contributed by atoms with Gasteiger partial charge in [0.1, 0.15) is 0 Å². The molecule has 3 aliphatic rings. The number of thioether (sulfide) groups is 3. The lowest BCUT2D eigenvalue weighted by Crippen LogP contribution is -2.10. The lowest BCUT2D eigenvalue weighted by molar-refractivity contribution is 0.581. The normalized spacial score (nSPS) is 54.5. The van der Waals surface area contributed by atoms with Gasteiger partial charge in [-0.25, -0.2) is 0 Å². The first-order valence-corrected chi connectivity index (χ1v) is 7.43. The van der Waals surface area contributed by atoms with Crippen LogP contribution in [0.4, 0.5) is 0 Å². The van der Waals surface area contributed by atoms with Gasteiger partial charge in [0.15, 0.2) is 0 Å². The maximum atomic E-state index is 2.26. The van der Waals surface area contributed by atoms with Crippen molar-refractivity contribution in [3.63, 3.8) is 0 Å². The summed E-state index contributed by atoms with van der Waals surface area (Å²) in [4.78, 5) is 0. The topological polar surface area (TPSA) is 0 Å². The third-order valence-corrected chi connectivity index (χ3v) is 6.61. The molecule has 0 spiro atoms. The Bertz CT molecular complexity index is 145. The van der Waals surface area contributed by atoms with Crippen LogP contribution in [0.15, 0.2) is 0 Å². The summed E-state index contributed by atoms with van der Waals surface area (Å²) < 4.78 is 0. The highest BCUT2D eigenvalue weighted by Gasteiger charge is 2.43. The van der Waals surface area contributed by atoms with Gasteiger partial charge in [-0.05, 0) is 18.1 Å². The van der Waals surface area contributed by atoms with Crippen LogP contribution in [-0.4, -0.2) is 33.0 Å². The monoisotopic (exact) mass is 204 g/mol. The van der Waals surface area contributed by atoms with E-state index >= 15 is 0 Å². The van der Waals surface area contributed by atoms with Gasteiger partial charge in [-0.15, -0.1) is 0 Å². The highest BCUT2D eigenvalue weighted by Crippen LogP contribution is 2.51. The maximum Gasteiger partial charge on any atom is 0.0257 e. The number of rotatable bonds is 2. The van der Waals surface area contributed by atoms with Crippen molar-refractivity contribution in [1.82, 2.24) is 0 Å². The Hall–Kier alpha value is 1.05. The van der Waals surface area contributed by atoms with Gasteiger partial charge < -0.3 is 0 Å². The molecule has 0 aromatic heterocycles. The standard InChI is InChI=1S/C8H12S3/c1-5(7-3-10-7)2-9-6(1)8-4-11-8/h5-8H,1-4H2. The molecule has 0 nitrogen and oxygen atoms in total. The predicted molar refractivity (Wildman–Crippen MR) is 56.8 cm³/mol. The number of hydrogen-bond acceptors (Lipinski definition) is 3. The molecular formula is C8H12S3.